The molecule has 1 unspecified atom stereocenters. The Hall–Kier alpha value is -1.94. The SMILES string of the molecule is CCNC(c1ccc(C)c(C)c1)c1nccnc1OC. The van der Waals surface area contributed by atoms with E-state index in [1.54, 1.807) is 19.5 Å². The number of nitrogens with one attached hydrogen (secondary N) is 1. The molecule has 0 amide bonds. The molecule has 1 aromatic carbocycles. The molecule has 0 aliphatic rings. The summed E-state index contributed by atoms with van der Waals surface area (Å²) in [6.45, 7) is 7.16. The van der Waals surface area contributed by atoms with Crippen molar-refractivity contribution < 1.29 is 4.74 Å². The van der Waals surface area contributed by atoms with Crippen LogP contribution < -0.4 is 10.1 Å². The second-order valence-corrected chi connectivity index (χ2v) is 4.79. The summed E-state index contributed by atoms with van der Waals surface area (Å²) in [5.41, 5.74) is 4.55. The van der Waals surface area contributed by atoms with Crippen LogP contribution in [0.15, 0.2) is 30.6 Å². The van der Waals surface area contributed by atoms with Crippen LogP contribution in [0.3, 0.4) is 0 Å². The molecule has 4 nitrogen and oxygen atoms in total. The number of benzene rings is 1. The molecule has 4 heteroatoms. The number of ether oxygens (including phenoxy) is 1. The van der Waals surface area contributed by atoms with Crippen LogP contribution in [-0.4, -0.2) is 23.6 Å². The number of hydrogen-bond acceptors (Lipinski definition) is 4. The lowest BCUT2D eigenvalue weighted by atomic mass is 9.99. The molecule has 0 saturated heterocycles. The Morgan fingerprint density at radius 2 is 1.90 bits per heavy atom. The highest BCUT2D eigenvalue weighted by Gasteiger charge is 2.20. The van der Waals surface area contributed by atoms with E-state index in [0.29, 0.717) is 5.88 Å². The fourth-order valence-electron chi connectivity index (χ4n) is 2.21. The van der Waals surface area contributed by atoms with Crippen LogP contribution in [0.25, 0.3) is 0 Å². The van der Waals surface area contributed by atoms with Gasteiger partial charge in [-0.1, -0.05) is 25.1 Å². The van der Waals surface area contributed by atoms with Gasteiger partial charge in [0.1, 0.15) is 5.69 Å². The van der Waals surface area contributed by atoms with E-state index in [-0.39, 0.29) is 6.04 Å². The average molecular weight is 271 g/mol. The highest BCUT2D eigenvalue weighted by atomic mass is 16.5. The molecule has 0 radical (unpaired) electrons. The van der Waals surface area contributed by atoms with Crippen molar-refractivity contribution in [3.63, 3.8) is 0 Å². The smallest absolute Gasteiger partial charge is 0.237 e. The van der Waals surface area contributed by atoms with Gasteiger partial charge in [-0.2, -0.15) is 0 Å². The lowest BCUT2D eigenvalue weighted by molar-refractivity contribution is 0.383. The monoisotopic (exact) mass is 271 g/mol. The molecule has 2 aromatic rings. The Bertz CT molecular complexity index is 584. The molecule has 0 fully saturated rings. The lowest BCUT2D eigenvalue weighted by Gasteiger charge is -2.20. The molecule has 0 saturated carbocycles. The van der Waals surface area contributed by atoms with Gasteiger partial charge in [-0.25, -0.2) is 4.98 Å². The van der Waals surface area contributed by atoms with Crippen molar-refractivity contribution in [1.82, 2.24) is 15.3 Å². The largest absolute Gasteiger partial charge is 0.480 e. The highest BCUT2D eigenvalue weighted by Crippen LogP contribution is 2.27. The third kappa shape index (κ3) is 2.96. The summed E-state index contributed by atoms with van der Waals surface area (Å²) < 4.78 is 5.33. The minimum absolute atomic E-state index is 0.0112. The van der Waals surface area contributed by atoms with Gasteiger partial charge in [0, 0.05) is 12.4 Å². The first-order valence-electron chi connectivity index (χ1n) is 6.82. The zero-order valence-electron chi connectivity index (χ0n) is 12.5. The molecule has 20 heavy (non-hydrogen) atoms. The van der Waals surface area contributed by atoms with Crippen molar-refractivity contribution in [3.05, 3.63) is 53.0 Å². The standard InChI is InChI=1S/C16H21N3O/c1-5-17-14(13-7-6-11(2)12(3)10-13)15-16(20-4)19-9-8-18-15/h6-10,14,17H,5H2,1-4H3. The van der Waals surface area contributed by atoms with E-state index < -0.39 is 0 Å². The van der Waals surface area contributed by atoms with Gasteiger partial charge >= 0.3 is 0 Å². The molecular weight excluding hydrogens is 250 g/mol. The van der Waals surface area contributed by atoms with Gasteiger partial charge in [0.25, 0.3) is 0 Å². The number of methoxy groups -OCH3 is 1. The Kier molecular flexibility index (Phi) is 4.69. The van der Waals surface area contributed by atoms with E-state index in [2.05, 4.69) is 54.3 Å². The molecule has 1 atom stereocenters. The Morgan fingerprint density at radius 3 is 2.55 bits per heavy atom. The summed E-state index contributed by atoms with van der Waals surface area (Å²) in [7, 11) is 1.62. The average Bonchev–Trinajstić information content (AvgIpc) is 2.48. The van der Waals surface area contributed by atoms with Gasteiger partial charge in [0.05, 0.1) is 13.2 Å². The van der Waals surface area contributed by atoms with Crippen LogP contribution in [0.5, 0.6) is 5.88 Å². The number of aryl methyl sites for hydroxylation is 2. The Balaban J connectivity index is 2.47. The second kappa shape index (κ2) is 6.48. The van der Waals surface area contributed by atoms with Gasteiger partial charge in [-0.05, 0) is 37.1 Å². The fraction of sp³-hybridized carbons (Fsp3) is 0.375. The van der Waals surface area contributed by atoms with Crippen LogP contribution in [-0.2, 0) is 0 Å². The van der Waals surface area contributed by atoms with Crippen molar-refractivity contribution in [2.45, 2.75) is 26.8 Å². The van der Waals surface area contributed by atoms with E-state index >= 15 is 0 Å². The second-order valence-electron chi connectivity index (χ2n) is 4.79. The van der Waals surface area contributed by atoms with Crippen LogP contribution in [0.2, 0.25) is 0 Å². The highest BCUT2D eigenvalue weighted by molar-refractivity contribution is 5.37. The van der Waals surface area contributed by atoms with Crippen LogP contribution in [0.4, 0.5) is 0 Å². The molecule has 106 valence electrons. The molecular formula is C16H21N3O. The van der Waals surface area contributed by atoms with Crippen LogP contribution >= 0.6 is 0 Å². The first-order chi connectivity index (χ1) is 9.67. The molecule has 0 bridgehead atoms. The van der Waals surface area contributed by atoms with Crippen molar-refractivity contribution in [1.29, 1.82) is 0 Å². The molecule has 1 N–H and O–H groups in total. The van der Waals surface area contributed by atoms with E-state index in [0.717, 1.165) is 12.2 Å². The van der Waals surface area contributed by atoms with Gasteiger partial charge in [-0.3, -0.25) is 4.98 Å². The molecule has 0 aliphatic heterocycles. The Morgan fingerprint density at radius 1 is 1.15 bits per heavy atom. The summed E-state index contributed by atoms with van der Waals surface area (Å²) in [5, 5.41) is 3.45. The molecule has 0 aliphatic carbocycles. The summed E-state index contributed by atoms with van der Waals surface area (Å²) in [4.78, 5) is 8.69. The number of nitrogens with zero attached hydrogens (tertiary/aromatic N) is 2. The number of hydrogen-bond donors (Lipinski definition) is 1. The number of rotatable bonds is 5. The van der Waals surface area contributed by atoms with Crippen molar-refractivity contribution in [3.8, 4) is 5.88 Å². The summed E-state index contributed by atoms with van der Waals surface area (Å²) in [5.74, 6) is 0.566. The van der Waals surface area contributed by atoms with Crippen molar-refractivity contribution in [2.75, 3.05) is 13.7 Å². The minimum atomic E-state index is -0.0112. The molecule has 0 spiro atoms. The summed E-state index contributed by atoms with van der Waals surface area (Å²) in [6, 6.07) is 6.45. The topological polar surface area (TPSA) is 47.0 Å². The quantitative estimate of drug-likeness (QED) is 0.908. The Labute approximate surface area is 120 Å². The maximum absolute atomic E-state index is 5.33. The summed E-state index contributed by atoms with van der Waals surface area (Å²) in [6.07, 6.45) is 3.34. The maximum Gasteiger partial charge on any atom is 0.237 e. The van der Waals surface area contributed by atoms with E-state index in [4.69, 9.17) is 4.74 Å². The lowest BCUT2D eigenvalue weighted by Crippen LogP contribution is -2.24. The van der Waals surface area contributed by atoms with Crippen molar-refractivity contribution >= 4 is 0 Å². The van der Waals surface area contributed by atoms with E-state index in [1.165, 1.54) is 16.7 Å². The fourth-order valence-corrected chi connectivity index (χ4v) is 2.21. The predicted molar refractivity (Wildman–Crippen MR) is 80.0 cm³/mol. The normalized spacial score (nSPS) is 12.2. The van der Waals surface area contributed by atoms with Crippen molar-refractivity contribution in [2.24, 2.45) is 0 Å². The predicted octanol–water partition coefficient (Wildman–Crippen LogP) is 2.80. The molecule has 2 rings (SSSR count). The third-order valence-electron chi connectivity index (χ3n) is 3.43. The minimum Gasteiger partial charge on any atom is -0.480 e. The zero-order valence-corrected chi connectivity index (χ0v) is 12.5. The number of aromatic nitrogens is 2. The van der Waals surface area contributed by atoms with Gasteiger partial charge in [-0.15, -0.1) is 0 Å². The van der Waals surface area contributed by atoms with Gasteiger partial charge in [0.15, 0.2) is 0 Å². The van der Waals surface area contributed by atoms with Gasteiger partial charge < -0.3 is 10.1 Å². The van der Waals surface area contributed by atoms with E-state index in [9.17, 15) is 0 Å². The third-order valence-corrected chi connectivity index (χ3v) is 3.43. The summed E-state index contributed by atoms with van der Waals surface area (Å²) >= 11 is 0. The first kappa shape index (κ1) is 14.5. The molecule has 1 aromatic heterocycles. The van der Waals surface area contributed by atoms with Gasteiger partial charge in [0.2, 0.25) is 5.88 Å². The van der Waals surface area contributed by atoms with Crippen LogP contribution in [0, 0.1) is 13.8 Å². The maximum atomic E-state index is 5.33. The van der Waals surface area contributed by atoms with Crippen LogP contribution in [0.1, 0.15) is 35.3 Å². The molecule has 1 heterocycles. The first-order valence-corrected chi connectivity index (χ1v) is 6.82. The van der Waals surface area contributed by atoms with E-state index in [1.807, 2.05) is 0 Å². The zero-order chi connectivity index (χ0) is 14.5.